The highest BCUT2D eigenvalue weighted by molar-refractivity contribution is 5.83. The second-order valence-corrected chi connectivity index (χ2v) is 6.26. The molecule has 1 aliphatic rings. The van der Waals surface area contributed by atoms with E-state index in [0.29, 0.717) is 0 Å². The van der Waals surface area contributed by atoms with Crippen LogP contribution in [-0.2, 0) is 4.74 Å². The average Bonchev–Trinajstić information content (AvgIpc) is 3.29. The van der Waals surface area contributed by atoms with Crippen molar-refractivity contribution < 1.29 is 9.47 Å². The van der Waals surface area contributed by atoms with Crippen molar-refractivity contribution in [3.05, 3.63) is 42.5 Å². The predicted molar refractivity (Wildman–Crippen MR) is 82.2 cm³/mol. The second-order valence-electron chi connectivity index (χ2n) is 6.26. The van der Waals surface area contributed by atoms with E-state index in [1.54, 1.807) is 0 Å². The Balaban J connectivity index is 1.86. The molecule has 0 aromatic heterocycles. The lowest BCUT2D eigenvalue weighted by Crippen LogP contribution is -2.38. The predicted octanol–water partition coefficient (Wildman–Crippen LogP) is 4.42. The molecule has 2 aromatic rings. The first-order valence-electron chi connectivity index (χ1n) is 7.37. The SMILES string of the molecule is CCC(C)(C)C(Oc1ccc2ccccc2c1)C1CO1. The Bertz CT molecular complexity index is 599. The van der Waals surface area contributed by atoms with Crippen LogP contribution >= 0.6 is 0 Å². The Morgan fingerprint density at radius 3 is 2.55 bits per heavy atom. The van der Waals surface area contributed by atoms with Gasteiger partial charge >= 0.3 is 0 Å². The first kappa shape index (κ1) is 13.4. The topological polar surface area (TPSA) is 21.8 Å². The summed E-state index contributed by atoms with van der Waals surface area (Å²) in [6, 6.07) is 14.7. The summed E-state index contributed by atoms with van der Waals surface area (Å²) in [4.78, 5) is 0. The summed E-state index contributed by atoms with van der Waals surface area (Å²) < 4.78 is 11.8. The largest absolute Gasteiger partial charge is 0.487 e. The maximum Gasteiger partial charge on any atom is 0.132 e. The van der Waals surface area contributed by atoms with Crippen LogP contribution < -0.4 is 4.74 Å². The van der Waals surface area contributed by atoms with Crippen molar-refractivity contribution in [3.63, 3.8) is 0 Å². The van der Waals surface area contributed by atoms with Gasteiger partial charge in [0.1, 0.15) is 18.0 Å². The molecule has 2 nitrogen and oxygen atoms in total. The molecule has 0 spiro atoms. The van der Waals surface area contributed by atoms with E-state index in [-0.39, 0.29) is 17.6 Å². The van der Waals surface area contributed by atoms with Gasteiger partial charge in [-0.1, -0.05) is 51.1 Å². The summed E-state index contributed by atoms with van der Waals surface area (Å²) >= 11 is 0. The lowest BCUT2D eigenvalue weighted by Gasteiger charge is -2.32. The fourth-order valence-electron chi connectivity index (χ4n) is 2.56. The van der Waals surface area contributed by atoms with E-state index in [9.17, 15) is 0 Å². The van der Waals surface area contributed by atoms with Gasteiger partial charge in [0.2, 0.25) is 0 Å². The van der Waals surface area contributed by atoms with E-state index in [2.05, 4.69) is 63.2 Å². The average molecular weight is 270 g/mol. The molecule has 106 valence electrons. The third-order valence-corrected chi connectivity index (χ3v) is 4.36. The van der Waals surface area contributed by atoms with Crippen molar-refractivity contribution >= 4 is 10.8 Å². The summed E-state index contributed by atoms with van der Waals surface area (Å²) in [5.74, 6) is 0.936. The van der Waals surface area contributed by atoms with Crippen molar-refractivity contribution in [1.29, 1.82) is 0 Å². The molecule has 1 heterocycles. The fourth-order valence-corrected chi connectivity index (χ4v) is 2.56. The molecule has 0 N–H and O–H groups in total. The molecule has 1 saturated heterocycles. The Labute approximate surface area is 120 Å². The summed E-state index contributed by atoms with van der Waals surface area (Å²) in [5, 5.41) is 2.46. The highest BCUT2D eigenvalue weighted by atomic mass is 16.6. The quantitative estimate of drug-likeness (QED) is 0.750. The van der Waals surface area contributed by atoms with Crippen molar-refractivity contribution in [1.82, 2.24) is 0 Å². The number of hydrogen-bond acceptors (Lipinski definition) is 2. The van der Waals surface area contributed by atoms with E-state index in [0.717, 1.165) is 18.8 Å². The summed E-state index contributed by atoms with van der Waals surface area (Å²) in [7, 11) is 0. The van der Waals surface area contributed by atoms with Gasteiger partial charge in [0.15, 0.2) is 0 Å². The summed E-state index contributed by atoms with van der Waals surface area (Å²) in [5.41, 5.74) is 0.118. The van der Waals surface area contributed by atoms with Crippen LogP contribution in [0.1, 0.15) is 27.2 Å². The Morgan fingerprint density at radius 2 is 1.90 bits per heavy atom. The monoisotopic (exact) mass is 270 g/mol. The van der Waals surface area contributed by atoms with Crippen LogP contribution in [0.25, 0.3) is 10.8 Å². The highest BCUT2D eigenvalue weighted by Gasteiger charge is 2.43. The van der Waals surface area contributed by atoms with Crippen molar-refractivity contribution in [2.75, 3.05) is 6.61 Å². The molecule has 1 fully saturated rings. The summed E-state index contributed by atoms with van der Waals surface area (Å²) in [6.07, 6.45) is 1.44. The zero-order valence-electron chi connectivity index (χ0n) is 12.4. The van der Waals surface area contributed by atoms with Crippen LogP contribution in [0, 0.1) is 5.41 Å². The molecule has 2 aromatic carbocycles. The van der Waals surface area contributed by atoms with Gasteiger partial charge in [0.25, 0.3) is 0 Å². The lowest BCUT2D eigenvalue weighted by atomic mass is 9.82. The molecule has 2 heteroatoms. The van der Waals surface area contributed by atoms with Crippen molar-refractivity contribution in [2.24, 2.45) is 5.41 Å². The number of rotatable bonds is 5. The third kappa shape index (κ3) is 2.66. The molecule has 2 atom stereocenters. The Morgan fingerprint density at radius 1 is 1.20 bits per heavy atom. The van der Waals surface area contributed by atoms with E-state index in [1.165, 1.54) is 10.8 Å². The number of fused-ring (bicyclic) bond motifs is 1. The maximum absolute atomic E-state index is 6.28. The summed E-state index contributed by atoms with van der Waals surface area (Å²) in [6.45, 7) is 7.53. The van der Waals surface area contributed by atoms with E-state index < -0.39 is 0 Å². The number of benzene rings is 2. The maximum atomic E-state index is 6.28. The molecule has 0 saturated carbocycles. The molecule has 2 unspecified atom stereocenters. The van der Waals surface area contributed by atoms with E-state index in [4.69, 9.17) is 9.47 Å². The smallest absolute Gasteiger partial charge is 0.132 e. The molecule has 0 radical (unpaired) electrons. The fraction of sp³-hybridized carbons (Fsp3) is 0.444. The molecular formula is C18H22O2. The normalized spacial score (nSPS) is 19.9. The second kappa shape index (κ2) is 5.10. The first-order valence-corrected chi connectivity index (χ1v) is 7.37. The third-order valence-electron chi connectivity index (χ3n) is 4.36. The van der Waals surface area contributed by atoms with Gasteiger partial charge in [0, 0.05) is 5.41 Å². The van der Waals surface area contributed by atoms with Crippen LogP contribution in [0.2, 0.25) is 0 Å². The van der Waals surface area contributed by atoms with Crippen LogP contribution in [0.5, 0.6) is 5.75 Å². The van der Waals surface area contributed by atoms with Gasteiger partial charge in [-0.05, 0) is 29.3 Å². The Hall–Kier alpha value is -1.54. The molecule has 20 heavy (non-hydrogen) atoms. The van der Waals surface area contributed by atoms with Gasteiger partial charge in [-0.15, -0.1) is 0 Å². The van der Waals surface area contributed by atoms with Crippen molar-refractivity contribution in [2.45, 2.75) is 39.4 Å². The minimum Gasteiger partial charge on any atom is -0.487 e. The van der Waals surface area contributed by atoms with Crippen molar-refractivity contribution in [3.8, 4) is 5.75 Å². The molecule has 3 rings (SSSR count). The standard InChI is InChI=1S/C18H22O2/c1-4-18(2,3)17(16-12-19-16)20-15-10-9-13-7-5-6-8-14(13)11-15/h5-11,16-17H,4,12H2,1-3H3. The van der Waals surface area contributed by atoms with Crippen LogP contribution in [0.4, 0.5) is 0 Å². The minimum absolute atomic E-state index is 0.118. The van der Waals surface area contributed by atoms with Crippen LogP contribution in [0.15, 0.2) is 42.5 Å². The molecule has 0 aliphatic carbocycles. The van der Waals surface area contributed by atoms with Crippen LogP contribution in [0.3, 0.4) is 0 Å². The number of epoxide rings is 1. The minimum atomic E-state index is 0.118. The molecule has 1 aliphatic heterocycles. The first-order chi connectivity index (χ1) is 9.60. The van der Waals surface area contributed by atoms with Crippen LogP contribution in [-0.4, -0.2) is 18.8 Å². The highest BCUT2D eigenvalue weighted by Crippen LogP contribution is 2.36. The van der Waals surface area contributed by atoms with Gasteiger partial charge in [-0.3, -0.25) is 0 Å². The van der Waals surface area contributed by atoms with Gasteiger partial charge in [-0.2, -0.15) is 0 Å². The van der Waals surface area contributed by atoms with E-state index >= 15 is 0 Å². The van der Waals surface area contributed by atoms with Gasteiger partial charge < -0.3 is 9.47 Å². The lowest BCUT2D eigenvalue weighted by molar-refractivity contribution is 0.0453. The molecule has 0 amide bonds. The number of ether oxygens (including phenoxy) is 2. The zero-order chi connectivity index (χ0) is 14.2. The Kier molecular flexibility index (Phi) is 3.43. The zero-order valence-corrected chi connectivity index (χ0v) is 12.4. The van der Waals surface area contributed by atoms with Gasteiger partial charge in [-0.25, -0.2) is 0 Å². The number of hydrogen-bond donors (Lipinski definition) is 0. The molecule has 0 bridgehead atoms. The molecular weight excluding hydrogens is 248 g/mol. The van der Waals surface area contributed by atoms with E-state index in [1.807, 2.05) is 0 Å². The van der Waals surface area contributed by atoms with Gasteiger partial charge in [0.05, 0.1) is 6.61 Å².